The van der Waals surface area contributed by atoms with Crippen molar-refractivity contribution in [3.63, 3.8) is 0 Å². The standard InChI is InChI=1S/C12H23O.C8H10NO2.Y/c1-9(8-11(2,3)4)10(13)12(5,6)7;1-2-3-6-9-7(10)4-5-8(9)11;/h9H,1,8H2,2-7H3;4-5H,1-3,6H2;/q2*-1;. The van der Waals surface area contributed by atoms with Gasteiger partial charge in [0.05, 0.1) is 0 Å². The molecule has 2 amide bonds. The summed E-state index contributed by atoms with van der Waals surface area (Å²) in [6, 6.07) is 0. The summed E-state index contributed by atoms with van der Waals surface area (Å²) in [6.07, 6.45) is 4.98. The average molecular weight is 424 g/mol. The molecule has 0 saturated heterocycles. The third-order valence-electron chi connectivity index (χ3n) is 3.50. The van der Waals surface area contributed by atoms with Crippen LogP contribution in [0.5, 0.6) is 0 Å². The van der Waals surface area contributed by atoms with E-state index in [2.05, 4.69) is 34.6 Å². The molecule has 0 aliphatic carbocycles. The van der Waals surface area contributed by atoms with Gasteiger partial charge in [0.1, 0.15) is 5.78 Å². The maximum atomic E-state index is 11.8. The summed E-state index contributed by atoms with van der Waals surface area (Å²) in [5.41, 5.74) is -0.0645. The Labute approximate surface area is 179 Å². The Morgan fingerprint density at radius 2 is 1.52 bits per heavy atom. The van der Waals surface area contributed by atoms with Crippen LogP contribution in [0.15, 0.2) is 12.2 Å². The molecule has 1 rings (SSSR count). The van der Waals surface area contributed by atoms with Crippen LogP contribution in [0, 0.1) is 30.6 Å². The molecule has 5 heteroatoms. The zero-order valence-corrected chi connectivity index (χ0v) is 19.6. The number of rotatable bonds is 5. The van der Waals surface area contributed by atoms with Gasteiger partial charge in [0.15, 0.2) is 0 Å². The molecule has 1 aliphatic heterocycles. The minimum atomic E-state index is -0.252. The first kappa shape index (κ1) is 26.9. The van der Waals surface area contributed by atoms with Gasteiger partial charge in [-0.15, -0.1) is 5.92 Å². The third kappa shape index (κ3) is 11.1. The van der Waals surface area contributed by atoms with E-state index in [1.165, 1.54) is 17.1 Å². The van der Waals surface area contributed by atoms with Gasteiger partial charge in [-0.2, -0.15) is 6.42 Å². The molecule has 0 saturated carbocycles. The van der Waals surface area contributed by atoms with Crippen LogP contribution in [0.4, 0.5) is 0 Å². The van der Waals surface area contributed by atoms with E-state index in [9.17, 15) is 14.4 Å². The van der Waals surface area contributed by atoms with Crippen LogP contribution in [0.3, 0.4) is 0 Å². The first-order valence-corrected chi connectivity index (χ1v) is 8.50. The van der Waals surface area contributed by atoms with Gasteiger partial charge >= 0.3 is 0 Å². The maximum absolute atomic E-state index is 11.8. The van der Waals surface area contributed by atoms with E-state index in [0.29, 0.717) is 6.54 Å². The molecule has 0 aromatic heterocycles. The Balaban J connectivity index is 0. The largest absolute Gasteiger partial charge is 0.343 e. The Kier molecular flexibility index (Phi) is 12.2. The zero-order valence-electron chi connectivity index (χ0n) is 16.7. The van der Waals surface area contributed by atoms with Gasteiger partial charge in [-0.05, 0) is 5.41 Å². The van der Waals surface area contributed by atoms with Crippen molar-refractivity contribution in [2.75, 3.05) is 6.54 Å². The second-order valence-corrected chi connectivity index (χ2v) is 8.44. The fourth-order valence-corrected chi connectivity index (χ4v) is 2.37. The molecule has 0 aromatic carbocycles. The summed E-state index contributed by atoms with van der Waals surface area (Å²) in [5, 5.41) is 0. The molecular formula is C20H33NO3Y-2. The molecule has 141 valence electrons. The topological polar surface area (TPSA) is 54.5 Å². The SMILES string of the molecule is [CH2-]C(CC(C)(C)C)C(=O)C(C)(C)C.[CH2-]CCCN1C(=O)C=CC1=O.[Y]. The van der Waals surface area contributed by atoms with E-state index in [0.717, 1.165) is 19.3 Å². The summed E-state index contributed by atoms with van der Waals surface area (Å²) in [5.74, 6) is -0.214. The molecule has 0 spiro atoms. The predicted octanol–water partition coefficient (Wildman–Crippen LogP) is 4.01. The average Bonchev–Trinajstić information content (AvgIpc) is 2.73. The Bertz CT molecular complexity index is 466. The van der Waals surface area contributed by atoms with E-state index >= 15 is 0 Å². The zero-order chi connectivity index (χ0) is 19.1. The first-order valence-electron chi connectivity index (χ1n) is 8.50. The molecule has 4 nitrogen and oxygen atoms in total. The number of ketones is 1. The van der Waals surface area contributed by atoms with E-state index in [-0.39, 0.29) is 67.1 Å². The normalized spacial score (nSPS) is 15.4. The van der Waals surface area contributed by atoms with Gasteiger partial charge in [0.2, 0.25) is 0 Å². The van der Waals surface area contributed by atoms with Crippen molar-refractivity contribution in [2.24, 2.45) is 16.7 Å². The molecule has 0 fully saturated rings. The number of nitrogens with zero attached hydrogens (tertiary/aromatic N) is 1. The second kappa shape index (κ2) is 11.4. The van der Waals surface area contributed by atoms with Crippen LogP contribution < -0.4 is 0 Å². The van der Waals surface area contributed by atoms with Gasteiger partial charge in [0, 0.05) is 56.8 Å². The smallest absolute Gasteiger partial charge is 0.253 e. The molecule has 1 aliphatic rings. The molecule has 1 radical (unpaired) electrons. The summed E-state index contributed by atoms with van der Waals surface area (Å²) in [7, 11) is 0. The molecule has 25 heavy (non-hydrogen) atoms. The van der Waals surface area contributed by atoms with Crippen LogP contribution >= 0.6 is 0 Å². The molecule has 1 heterocycles. The van der Waals surface area contributed by atoms with Crippen LogP contribution in [0.1, 0.15) is 60.8 Å². The van der Waals surface area contributed by atoms with Crippen LogP contribution in [-0.4, -0.2) is 29.0 Å². The number of hydrogen-bond acceptors (Lipinski definition) is 3. The minimum absolute atomic E-state index is 0. The van der Waals surface area contributed by atoms with E-state index in [1.54, 1.807) is 0 Å². The van der Waals surface area contributed by atoms with Crippen molar-refractivity contribution in [3.05, 3.63) is 26.0 Å². The Hall–Kier alpha value is -0.346. The minimum Gasteiger partial charge on any atom is -0.343 e. The fraction of sp³-hybridized carbons (Fsp3) is 0.650. The van der Waals surface area contributed by atoms with Crippen molar-refractivity contribution >= 4 is 17.6 Å². The molecule has 1 atom stereocenters. The first-order chi connectivity index (χ1) is 10.8. The summed E-state index contributed by atoms with van der Waals surface area (Å²) in [4.78, 5) is 34.8. The molecule has 1 unspecified atom stereocenters. The summed E-state index contributed by atoms with van der Waals surface area (Å²) >= 11 is 0. The van der Waals surface area contributed by atoms with Crippen LogP contribution in [-0.2, 0) is 47.1 Å². The van der Waals surface area contributed by atoms with Gasteiger partial charge in [-0.3, -0.25) is 14.5 Å². The number of amides is 2. The van der Waals surface area contributed by atoms with Gasteiger partial charge in [-0.25, -0.2) is 0 Å². The van der Waals surface area contributed by atoms with Crippen molar-refractivity contribution in [3.8, 4) is 0 Å². The maximum Gasteiger partial charge on any atom is 0.253 e. The van der Waals surface area contributed by atoms with E-state index in [1.807, 2.05) is 20.8 Å². The molecule has 0 aromatic rings. The molecule has 0 N–H and O–H groups in total. The number of hydrogen-bond donors (Lipinski definition) is 0. The number of carbonyl (C=O) groups is 3. The van der Waals surface area contributed by atoms with Crippen molar-refractivity contribution in [1.82, 2.24) is 4.90 Å². The summed E-state index contributed by atoms with van der Waals surface area (Å²) < 4.78 is 0. The van der Waals surface area contributed by atoms with Crippen molar-refractivity contribution < 1.29 is 47.1 Å². The Morgan fingerprint density at radius 1 is 1.08 bits per heavy atom. The number of imide groups is 1. The van der Waals surface area contributed by atoms with E-state index in [4.69, 9.17) is 0 Å². The van der Waals surface area contributed by atoms with Gasteiger partial charge in [0.25, 0.3) is 11.8 Å². The molecular weight excluding hydrogens is 391 g/mol. The van der Waals surface area contributed by atoms with Crippen molar-refractivity contribution in [2.45, 2.75) is 60.8 Å². The quantitative estimate of drug-likeness (QED) is 0.495. The monoisotopic (exact) mass is 424 g/mol. The second-order valence-electron chi connectivity index (χ2n) is 8.44. The molecule has 0 bridgehead atoms. The van der Waals surface area contributed by atoms with Crippen LogP contribution in [0.25, 0.3) is 0 Å². The van der Waals surface area contributed by atoms with E-state index < -0.39 is 0 Å². The Morgan fingerprint density at radius 3 is 1.84 bits per heavy atom. The summed E-state index contributed by atoms with van der Waals surface area (Å²) in [6.45, 7) is 20.3. The van der Waals surface area contributed by atoms with Crippen LogP contribution in [0.2, 0.25) is 0 Å². The number of carbonyl (C=O) groups excluding carboxylic acids is 3. The van der Waals surface area contributed by atoms with Gasteiger partial charge < -0.3 is 18.6 Å². The van der Waals surface area contributed by atoms with Gasteiger partial charge in [-0.1, -0.05) is 54.4 Å². The number of unbranched alkanes of at least 4 members (excludes halogenated alkanes) is 1. The fourth-order valence-electron chi connectivity index (χ4n) is 2.37. The van der Waals surface area contributed by atoms with Crippen molar-refractivity contribution in [1.29, 1.82) is 0 Å². The third-order valence-corrected chi connectivity index (χ3v) is 3.50. The predicted molar refractivity (Wildman–Crippen MR) is 97.8 cm³/mol. The number of Topliss-reactive ketones (excluding diaryl/α,β-unsaturated/α-hetero) is 1.